The van der Waals surface area contributed by atoms with Crippen molar-refractivity contribution in [3.8, 4) is 11.5 Å². The molecule has 0 radical (unpaired) electrons. The molecular weight excluding hydrogens is 220 g/mol. The summed E-state index contributed by atoms with van der Waals surface area (Å²) in [6, 6.07) is 2.38. The average molecular weight is 229 g/mol. The molecule has 5 heteroatoms. The van der Waals surface area contributed by atoms with Gasteiger partial charge in [-0.25, -0.2) is 0 Å². The fourth-order valence-electron chi connectivity index (χ4n) is 1.64. The van der Waals surface area contributed by atoms with Crippen LogP contribution in [-0.4, -0.2) is 21.3 Å². The molecule has 0 heterocycles. The van der Waals surface area contributed by atoms with E-state index in [2.05, 4.69) is 0 Å². The molecule has 0 amide bonds. The molecule has 0 atom stereocenters. The van der Waals surface area contributed by atoms with Gasteiger partial charge in [-0.2, -0.15) is 0 Å². The lowest BCUT2D eigenvalue weighted by atomic mass is 9.95. The second kappa shape index (κ2) is 3.03. The number of phenolic OH excluding ortho intramolecular Hbond substituents is 2. The first-order valence-electron chi connectivity index (χ1n) is 4.43. The van der Waals surface area contributed by atoms with E-state index in [0.717, 1.165) is 6.07 Å². The van der Waals surface area contributed by atoms with Crippen LogP contribution in [0.5, 0.6) is 11.5 Å². The first kappa shape index (κ1) is 10.1. The Balaban J connectivity index is 2.54. The van der Waals surface area contributed by atoms with E-state index in [-0.39, 0.29) is 16.5 Å². The number of carboxylic acid groups (broad SMARTS) is 1. The van der Waals surface area contributed by atoms with Crippen LogP contribution in [0.2, 0.25) is 5.02 Å². The maximum absolute atomic E-state index is 11.0. The number of hydrogen-bond acceptors (Lipinski definition) is 3. The molecule has 4 nitrogen and oxygen atoms in total. The Kier molecular flexibility index (Phi) is 2.04. The highest BCUT2D eigenvalue weighted by Crippen LogP contribution is 2.52. The molecule has 0 bridgehead atoms. The summed E-state index contributed by atoms with van der Waals surface area (Å²) in [6.07, 6.45) is 1.01. The summed E-state index contributed by atoms with van der Waals surface area (Å²) in [4.78, 5) is 11.0. The summed E-state index contributed by atoms with van der Waals surface area (Å²) in [6.45, 7) is 0. The summed E-state index contributed by atoms with van der Waals surface area (Å²) >= 11 is 5.84. The molecule has 1 saturated carbocycles. The predicted octanol–water partition coefficient (Wildman–Crippen LogP) is 1.87. The summed E-state index contributed by atoms with van der Waals surface area (Å²) < 4.78 is 0. The first-order valence-corrected chi connectivity index (χ1v) is 4.80. The minimum atomic E-state index is -0.970. The number of carboxylic acids is 1. The van der Waals surface area contributed by atoms with E-state index in [4.69, 9.17) is 21.8 Å². The van der Waals surface area contributed by atoms with Gasteiger partial charge in [0.05, 0.1) is 5.41 Å². The monoisotopic (exact) mass is 228 g/mol. The molecule has 0 aliphatic heterocycles. The fraction of sp³-hybridized carbons (Fsp3) is 0.300. The van der Waals surface area contributed by atoms with Crippen LogP contribution in [0.4, 0.5) is 0 Å². The quantitative estimate of drug-likeness (QED) is 0.676. The number of rotatable bonds is 2. The highest BCUT2D eigenvalue weighted by atomic mass is 35.5. The zero-order valence-corrected chi connectivity index (χ0v) is 8.45. The van der Waals surface area contributed by atoms with E-state index in [1.54, 1.807) is 0 Å². The van der Waals surface area contributed by atoms with Crippen LogP contribution in [-0.2, 0) is 10.2 Å². The number of aromatic hydroxyl groups is 2. The smallest absolute Gasteiger partial charge is 0.314 e. The lowest BCUT2D eigenvalue weighted by molar-refractivity contribution is -0.140. The second-order valence-corrected chi connectivity index (χ2v) is 4.12. The number of hydrogen-bond donors (Lipinski definition) is 3. The van der Waals surface area contributed by atoms with Gasteiger partial charge in [0, 0.05) is 11.1 Å². The largest absolute Gasteiger partial charge is 0.504 e. The standard InChI is InChI=1S/C10H9ClO4/c11-6-4-8(13)7(12)3-5(6)10(1-2-10)9(14)15/h3-4,12-13H,1-2H2,(H,14,15). The minimum absolute atomic E-state index is 0.171. The van der Waals surface area contributed by atoms with Gasteiger partial charge in [-0.3, -0.25) is 4.79 Å². The Hall–Kier alpha value is -1.42. The Morgan fingerprint density at radius 1 is 1.27 bits per heavy atom. The Morgan fingerprint density at radius 2 is 1.80 bits per heavy atom. The van der Waals surface area contributed by atoms with E-state index in [1.807, 2.05) is 0 Å². The summed E-state index contributed by atoms with van der Waals surface area (Å²) in [5.41, 5.74) is -0.602. The van der Waals surface area contributed by atoms with Crippen molar-refractivity contribution in [2.45, 2.75) is 18.3 Å². The summed E-state index contributed by atoms with van der Waals surface area (Å²) in [7, 11) is 0. The molecule has 80 valence electrons. The SMILES string of the molecule is O=C(O)C1(c2cc(O)c(O)cc2Cl)CC1. The molecule has 0 unspecified atom stereocenters. The molecule has 0 aromatic heterocycles. The molecule has 1 aliphatic rings. The van der Waals surface area contributed by atoms with Gasteiger partial charge < -0.3 is 15.3 Å². The van der Waals surface area contributed by atoms with Crippen LogP contribution in [0.25, 0.3) is 0 Å². The number of benzene rings is 1. The van der Waals surface area contributed by atoms with Crippen LogP contribution in [0.1, 0.15) is 18.4 Å². The molecule has 1 fully saturated rings. The van der Waals surface area contributed by atoms with Crippen molar-refractivity contribution in [2.24, 2.45) is 0 Å². The highest BCUT2D eigenvalue weighted by molar-refractivity contribution is 6.32. The number of aliphatic carboxylic acids is 1. The fourth-order valence-corrected chi connectivity index (χ4v) is 1.98. The number of phenols is 2. The van der Waals surface area contributed by atoms with Gasteiger partial charge in [0.15, 0.2) is 11.5 Å². The zero-order chi connectivity index (χ0) is 11.2. The van der Waals surface area contributed by atoms with Gasteiger partial charge in [0.1, 0.15) is 0 Å². The Bertz CT molecular complexity index is 437. The lowest BCUT2D eigenvalue weighted by Gasteiger charge is -2.13. The van der Waals surface area contributed by atoms with E-state index < -0.39 is 11.4 Å². The van der Waals surface area contributed by atoms with Crippen molar-refractivity contribution < 1.29 is 20.1 Å². The van der Waals surface area contributed by atoms with E-state index in [0.29, 0.717) is 18.4 Å². The van der Waals surface area contributed by atoms with E-state index in [1.165, 1.54) is 6.07 Å². The van der Waals surface area contributed by atoms with Gasteiger partial charge in [-0.05, 0) is 24.5 Å². The summed E-state index contributed by atoms with van der Waals surface area (Å²) in [5, 5.41) is 27.7. The maximum Gasteiger partial charge on any atom is 0.314 e. The normalized spacial score (nSPS) is 17.4. The first-order chi connectivity index (χ1) is 6.97. The van der Waals surface area contributed by atoms with Crippen molar-refractivity contribution in [3.63, 3.8) is 0 Å². The molecule has 0 spiro atoms. The minimum Gasteiger partial charge on any atom is -0.504 e. The molecule has 1 aliphatic carbocycles. The third kappa shape index (κ3) is 1.41. The van der Waals surface area contributed by atoms with Crippen molar-refractivity contribution in [1.29, 1.82) is 0 Å². The topological polar surface area (TPSA) is 77.8 Å². The lowest BCUT2D eigenvalue weighted by Crippen LogP contribution is -2.19. The molecule has 1 aromatic rings. The predicted molar refractivity (Wildman–Crippen MR) is 53.3 cm³/mol. The van der Waals surface area contributed by atoms with E-state index in [9.17, 15) is 9.90 Å². The Morgan fingerprint density at radius 3 is 2.27 bits per heavy atom. The maximum atomic E-state index is 11.0. The van der Waals surface area contributed by atoms with E-state index >= 15 is 0 Å². The molecule has 0 saturated heterocycles. The number of carbonyl (C=O) groups is 1. The van der Waals surface area contributed by atoms with Crippen LogP contribution >= 0.6 is 11.6 Å². The number of halogens is 1. The Labute approximate surface area is 90.7 Å². The molecule has 1 aromatic carbocycles. The average Bonchev–Trinajstić information content (AvgIpc) is 2.92. The van der Waals surface area contributed by atoms with Crippen molar-refractivity contribution >= 4 is 17.6 Å². The van der Waals surface area contributed by atoms with Gasteiger partial charge in [-0.1, -0.05) is 11.6 Å². The molecule has 3 N–H and O–H groups in total. The second-order valence-electron chi connectivity index (χ2n) is 3.71. The molecule has 15 heavy (non-hydrogen) atoms. The third-order valence-electron chi connectivity index (χ3n) is 2.74. The van der Waals surface area contributed by atoms with Crippen LogP contribution in [0.15, 0.2) is 12.1 Å². The van der Waals surface area contributed by atoms with Crippen LogP contribution in [0.3, 0.4) is 0 Å². The van der Waals surface area contributed by atoms with Crippen molar-refractivity contribution in [3.05, 3.63) is 22.7 Å². The molecular formula is C10H9ClO4. The molecule has 2 rings (SSSR count). The van der Waals surface area contributed by atoms with Gasteiger partial charge >= 0.3 is 5.97 Å². The zero-order valence-electron chi connectivity index (χ0n) is 7.70. The van der Waals surface area contributed by atoms with Gasteiger partial charge in [0.2, 0.25) is 0 Å². The van der Waals surface area contributed by atoms with Gasteiger partial charge in [0.25, 0.3) is 0 Å². The van der Waals surface area contributed by atoms with Gasteiger partial charge in [-0.15, -0.1) is 0 Å². The summed E-state index contributed by atoms with van der Waals surface area (Å²) in [5.74, 6) is -1.64. The third-order valence-corrected chi connectivity index (χ3v) is 3.05. The highest BCUT2D eigenvalue weighted by Gasteiger charge is 2.53. The van der Waals surface area contributed by atoms with Crippen molar-refractivity contribution in [1.82, 2.24) is 0 Å². The van der Waals surface area contributed by atoms with Crippen LogP contribution < -0.4 is 0 Å². The van der Waals surface area contributed by atoms with Crippen molar-refractivity contribution in [2.75, 3.05) is 0 Å². The van der Waals surface area contributed by atoms with Crippen LogP contribution in [0, 0.1) is 0 Å².